The van der Waals surface area contributed by atoms with E-state index in [4.69, 9.17) is 0 Å². The molecule has 0 aliphatic rings. The number of likely N-dealkylation sites (N-methyl/N-ethyl adjacent to an activating group) is 1. The third-order valence-corrected chi connectivity index (χ3v) is 3.51. The molecule has 0 bridgehead atoms. The maximum atomic E-state index is 13.1. The molecule has 2 aromatic carbocycles. The third kappa shape index (κ3) is 6.70. The minimum absolute atomic E-state index is 0.0202. The van der Waals surface area contributed by atoms with E-state index in [0.717, 1.165) is 18.2 Å². The van der Waals surface area contributed by atoms with Crippen LogP contribution in [-0.4, -0.2) is 32.0 Å². The van der Waals surface area contributed by atoms with E-state index in [2.05, 4.69) is 10.6 Å². The molecule has 5 nitrogen and oxygen atoms in total. The van der Waals surface area contributed by atoms with Crippen LogP contribution in [0.15, 0.2) is 48.5 Å². The number of carbonyl (C=O) groups excluding carboxylic acids is 2. The molecule has 0 aliphatic heterocycles. The van der Waals surface area contributed by atoms with Gasteiger partial charge in [-0.3, -0.25) is 9.59 Å². The highest BCUT2D eigenvalue weighted by molar-refractivity contribution is 5.93. The predicted molar refractivity (Wildman–Crippen MR) is 91.7 cm³/mol. The van der Waals surface area contributed by atoms with Crippen molar-refractivity contribution < 1.29 is 32.1 Å². The van der Waals surface area contributed by atoms with Gasteiger partial charge in [0.25, 0.3) is 11.8 Å². The van der Waals surface area contributed by atoms with Crippen LogP contribution in [-0.2, 0) is 15.8 Å². The first-order valence-electron chi connectivity index (χ1n) is 7.97. The Hall–Kier alpha value is -2.94. The highest BCUT2D eigenvalue weighted by atomic mass is 19.4. The van der Waals surface area contributed by atoms with E-state index in [-0.39, 0.29) is 18.8 Å². The molecule has 0 radical (unpaired) electrons. The summed E-state index contributed by atoms with van der Waals surface area (Å²) in [6.45, 7) is -0.209. The number of nitrogens with one attached hydrogen (secondary N) is 3. The summed E-state index contributed by atoms with van der Waals surface area (Å²) >= 11 is 0. The number of anilines is 2. The van der Waals surface area contributed by atoms with Gasteiger partial charge >= 0.3 is 6.18 Å². The lowest BCUT2D eigenvalue weighted by Crippen LogP contribution is -3.11. The number of rotatable bonds is 6. The van der Waals surface area contributed by atoms with Gasteiger partial charge < -0.3 is 15.5 Å². The molecule has 2 amide bonds. The maximum absolute atomic E-state index is 13.1. The molecule has 3 N–H and O–H groups in total. The number of hydrogen-bond acceptors (Lipinski definition) is 2. The van der Waals surface area contributed by atoms with E-state index in [9.17, 15) is 27.2 Å². The molecular formula is C18H18F4N3O2+. The van der Waals surface area contributed by atoms with Gasteiger partial charge in [-0.1, -0.05) is 12.1 Å². The summed E-state index contributed by atoms with van der Waals surface area (Å²) in [5.74, 6) is -1.45. The molecule has 0 aromatic heterocycles. The van der Waals surface area contributed by atoms with Crippen molar-refractivity contribution >= 4 is 23.2 Å². The summed E-state index contributed by atoms with van der Waals surface area (Å²) in [6, 6.07) is 9.66. The first kappa shape index (κ1) is 20.4. The fourth-order valence-electron chi connectivity index (χ4n) is 2.36. The molecule has 0 saturated heterocycles. The lowest BCUT2D eigenvalue weighted by molar-refractivity contribution is -0.862. The number of carbonyl (C=O) groups is 2. The quantitative estimate of drug-likeness (QED) is 0.667. The molecule has 1 atom stereocenters. The number of hydrogen-bond donors (Lipinski definition) is 3. The second-order valence-electron chi connectivity index (χ2n) is 6.00. The zero-order valence-electron chi connectivity index (χ0n) is 14.4. The van der Waals surface area contributed by atoms with Crippen LogP contribution in [0.5, 0.6) is 0 Å². The molecule has 27 heavy (non-hydrogen) atoms. The number of quaternary nitrogens is 1. The Balaban J connectivity index is 1.85. The average Bonchev–Trinajstić information content (AvgIpc) is 2.53. The average molecular weight is 384 g/mol. The van der Waals surface area contributed by atoms with Crippen molar-refractivity contribution in [3.8, 4) is 0 Å². The van der Waals surface area contributed by atoms with Crippen LogP contribution in [0, 0.1) is 5.82 Å². The fourth-order valence-corrected chi connectivity index (χ4v) is 2.36. The highest BCUT2D eigenvalue weighted by Gasteiger charge is 2.30. The van der Waals surface area contributed by atoms with E-state index in [0.29, 0.717) is 10.6 Å². The minimum Gasteiger partial charge on any atom is -0.322 e. The van der Waals surface area contributed by atoms with Crippen molar-refractivity contribution in [3.05, 3.63) is 59.9 Å². The van der Waals surface area contributed by atoms with Crippen LogP contribution in [0.2, 0.25) is 0 Å². The van der Waals surface area contributed by atoms with Crippen molar-refractivity contribution in [2.45, 2.75) is 6.18 Å². The highest BCUT2D eigenvalue weighted by Crippen LogP contribution is 2.30. The lowest BCUT2D eigenvalue weighted by atomic mass is 10.2. The largest absolute Gasteiger partial charge is 0.416 e. The number of halogens is 4. The second-order valence-corrected chi connectivity index (χ2v) is 6.00. The van der Waals surface area contributed by atoms with Crippen molar-refractivity contribution in [1.29, 1.82) is 0 Å². The van der Waals surface area contributed by atoms with Crippen molar-refractivity contribution in [3.63, 3.8) is 0 Å². The molecular weight excluding hydrogens is 366 g/mol. The molecule has 0 heterocycles. The monoisotopic (exact) mass is 384 g/mol. The predicted octanol–water partition coefficient (Wildman–Crippen LogP) is 1.94. The van der Waals surface area contributed by atoms with E-state index in [1.54, 1.807) is 7.05 Å². The van der Waals surface area contributed by atoms with Gasteiger partial charge in [0, 0.05) is 11.4 Å². The van der Waals surface area contributed by atoms with E-state index in [1.807, 2.05) is 0 Å². The summed E-state index contributed by atoms with van der Waals surface area (Å²) in [6.07, 6.45) is -4.50. The molecule has 2 rings (SSSR count). The van der Waals surface area contributed by atoms with Gasteiger partial charge in [-0.05, 0) is 36.4 Å². The standard InChI is InChI=1S/C18H17F4N3O2/c1-25(11-17(27)24-15-7-3-5-13(19)9-15)10-16(26)23-14-6-2-4-12(8-14)18(20,21)22/h2-9H,10-11H2,1H3,(H,23,26)(H,24,27)/p+1. The smallest absolute Gasteiger partial charge is 0.322 e. The number of amides is 2. The Morgan fingerprint density at radius 3 is 1.96 bits per heavy atom. The lowest BCUT2D eigenvalue weighted by Gasteiger charge is -2.14. The normalized spacial score (nSPS) is 12.3. The first-order valence-corrected chi connectivity index (χ1v) is 7.97. The fraction of sp³-hybridized carbons (Fsp3) is 0.222. The van der Waals surface area contributed by atoms with Crippen LogP contribution in [0.1, 0.15) is 5.56 Å². The topological polar surface area (TPSA) is 62.6 Å². The van der Waals surface area contributed by atoms with Crippen LogP contribution in [0.3, 0.4) is 0 Å². The van der Waals surface area contributed by atoms with E-state index >= 15 is 0 Å². The molecule has 0 fully saturated rings. The molecule has 0 saturated carbocycles. The second kappa shape index (κ2) is 8.63. The summed E-state index contributed by atoms with van der Waals surface area (Å²) in [5.41, 5.74) is -0.552. The van der Waals surface area contributed by atoms with Crippen molar-refractivity contribution in [1.82, 2.24) is 0 Å². The molecule has 9 heteroatoms. The van der Waals surface area contributed by atoms with Crippen LogP contribution >= 0.6 is 0 Å². The Labute approximate surface area is 153 Å². The SMILES string of the molecule is C[NH+](CC(=O)Nc1cccc(F)c1)CC(=O)Nc1cccc(C(F)(F)F)c1. The van der Waals surface area contributed by atoms with Gasteiger partial charge in [0.1, 0.15) is 5.82 Å². The van der Waals surface area contributed by atoms with Crippen LogP contribution in [0.25, 0.3) is 0 Å². The van der Waals surface area contributed by atoms with Gasteiger partial charge in [0.05, 0.1) is 12.6 Å². The van der Waals surface area contributed by atoms with E-state index < -0.39 is 29.4 Å². The Bertz CT molecular complexity index is 824. The zero-order valence-corrected chi connectivity index (χ0v) is 14.4. The minimum atomic E-state index is -4.50. The molecule has 1 unspecified atom stereocenters. The van der Waals surface area contributed by atoms with Gasteiger partial charge in [-0.2, -0.15) is 13.2 Å². The van der Waals surface area contributed by atoms with Crippen LogP contribution in [0.4, 0.5) is 28.9 Å². The van der Waals surface area contributed by atoms with Gasteiger partial charge in [-0.15, -0.1) is 0 Å². The summed E-state index contributed by atoms with van der Waals surface area (Å²) in [7, 11) is 1.58. The van der Waals surface area contributed by atoms with Gasteiger partial charge in [0.2, 0.25) is 0 Å². The van der Waals surface area contributed by atoms with E-state index in [1.165, 1.54) is 30.3 Å². The molecule has 0 spiro atoms. The van der Waals surface area contributed by atoms with Gasteiger partial charge in [0.15, 0.2) is 13.1 Å². The first-order chi connectivity index (χ1) is 12.6. The third-order valence-electron chi connectivity index (χ3n) is 3.51. The molecule has 2 aromatic rings. The van der Waals surface area contributed by atoms with Crippen molar-refractivity contribution in [2.24, 2.45) is 0 Å². The Kier molecular flexibility index (Phi) is 6.51. The zero-order chi connectivity index (χ0) is 20.0. The Morgan fingerprint density at radius 1 is 0.926 bits per heavy atom. The summed E-state index contributed by atoms with van der Waals surface area (Å²) in [5, 5.41) is 4.88. The molecule has 0 aliphatic carbocycles. The summed E-state index contributed by atoms with van der Waals surface area (Å²) < 4.78 is 51.1. The summed E-state index contributed by atoms with van der Waals surface area (Å²) in [4.78, 5) is 24.4. The Morgan fingerprint density at radius 2 is 1.44 bits per heavy atom. The number of alkyl halides is 3. The number of benzene rings is 2. The van der Waals surface area contributed by atoms with Gasteiger partial charge in [-0.25, -0.2) is 4.39 Å². The van der Waals surface area contributed by atoms with Crippen LogP contribution < -0.4 is 15.5 Å². The maximum Gasteiger partial charge on any atom is 0.416 e. The van der Waals surface area contributed by atoms with Crippen molar-refractivity contribution in [2.75, 3.05) is 30.8 Å². The molecule has 144 valence electrons.